The van der Waals surface area contributed by atoms with Gasteiger partial charge in [-0.25, -0.2) is 9.18 Å². The lowest BCUT2D eigenvalue weighted by Gasteiger charge is -2.05. The minimum atomic E-state index is -0.725. The number of ether oxygens (including phenoxy) is 1. The van der Waals surface area contributed by atoms with Crippen LogP contribution >= 0.6 is 22.9 Å². The van der Waals surface area contributed by atoms with Crippen molar-refractivity contribution >= 4 is 51.8 Å². The molecule has 0 saturated carbocycles. The monoisotopic (exact) mass is 410 g/mol. The summed E-state index contributed by atoms with van der Waals surface area (Å²) in [7, 11) is 0. The van der Waals surface area contributed by atoms with Crippen LogP contribution in [-0.2, 0) is 9.53 Å². The van der Waals surface area contributed by atoms with Gasteiger partial charge >= 0.3 is 5.97 Å². The predicted molar refractivity (Wildman–Crippen MR) is 103 cm³/mol. The van der Waals surface area contributed by atoms with Gasteiger partial charge in [0.15, 0.2) is 0 Å². The number of benzene rings is 1. The number of halogens is 2. The summed E-state index contributed by atoms with van der Waals surface area (Å²) in [6.07, 6.45) is 2.28. The van der Waals surface area contributed by atoms with E-state index in [0.29, 0.717) is 5.56 Å². The Hall–Kier alpha value is -2.71. The fourth-order valence-electron chi connectivity index (χ4n) is 2.27. The lowest BCUT2D eigenvalue weighted by Crippen LogP contribution is -2.13. The SMILES string of the molecule is CCOC(=O)c1c(NC(=O)/C=C/c2c(F)cccc2Cl)sc(C(N)=O)c1C. The van der Waals surface area contributed by atoms with Crippen LogP contribution in [0.5, 0.6) is 0 Å². The minimum Gasteiger partial charge on any atom is -0.462 e. The number of thiophene rings is 1. The van der Waals surface area contributed by atoms with Crippen LogP contribution in [0.4, 0.5) is 9.39 Å². The van der Waals surface area contributed by atoms with Crippen molar-refractivity contribution < 1.29 is 23.5 Å². The molecule has 0 aliphatic rings. The van der Waals surface area contributed by atoms with Gasteiger partial charge in [-0.1, -0.05) is 17.7 Å². The maximum atomic E-state index is 13.7. The molecule has 1 aromatic carbocycles. The Bertz CT molecular complexity index is 919. The van der Waals surface area contributed by atoms with Crippen LogP contribution in [0.3, 0.4) is 0 Å². The molecule has 0 aliphatic carbocycles. The third kappa shape index (κ3) is 4.72. The summed E-state index contributed by atoms with van der Waals surface area (Å²) in [5.74, 6) is -2.63. The molecular formula is C18H16ClFN2O4S. The van der Waals surface area contributed by atoms with E-state index < -0.39 is 23.6 Å². The molecule has 0 radical (unpaired) electrons. The van der Waals surface area contributed by atoms with Crippen LogP contribution in [0.1, 0.15) is 38.1 Å². The molecule has 9 heteroatoms. The summed E-state index contributed by atoms with van der Waals surface area (Å²) in [6, 6.07) is 4.15. The highest BCUT2D eigenvalue weighted by Gasteiger charge is 2.25. The Morgan fingerprint density at radius 3 is 2.67 bits per heavy atom. The average Bonchev–Trinajstić information content (AvgIpc) is 2.91. The van der Waals surface area contributed by atoms with E-state index in [1.165, 1.54) is 31.2 Å². The van der Waals surface area contributed by atoms with E-state index in [2.05, 4.69) is 5.32 Å². The lowest BCUT2D eigenvalue weighted by atomic mass is 10.1. The van der Waals surface area contributed by atoms with Crippen molar-refractivity contribution in [3.63, 3.8) is 0 Å². The van der Waals surface area contributed by atoms with Crippen molar-refractivity contribution in [1.82, 2.24) is 0 Å². The van der Waals surface area contributed by atoms with Crippen LogP contribution in [0.15, 0.2) is 24.3 Å². The lowest BCUT2D eigenvalue weighted by molar-refractivity contribution is -0.111. The van der Waals surface area contributed by atoms with Crippen molar-refractivity contribution in [1.29, 1.82) is 0 Å². The van der Waals surface area contributed by atoms with E-state index in [1.54, 1.807) is 6.92 Å². The van der Waals surface area contributed by atoms with E-state index in [4.69, 9.17) is 22.1 Å². The Kier molecular flexibility index (Phi) is 6.70. The highest BCUT2D eigenvalue weighted by molar-refractivity contribution is 7.18. The molecule has 6 nitrogen and oxygen atoms in total. The fourth-order valence-corrected chi connectivity index (χ4v) is 3.54. The molecule has 3 N–H and O–H groups in total. The van der Waals surface area contributed by atoms with Crippen molar-refractivity contribution in [2.45, 2.75) is 13.8 Å². The van der Waals surface area contributed by atoms with Crippen LogP contribution in [0, 0.1) is 12.7 Å². The first-order valence-electron chi connectivity index (χ1n) is 7.79. The quantitative estimate of drug-likeness (QED) is 0.559. The molecule has 2 amide bonds. The van der Waals surface area contributed by atoms with E-state index in [-0.39, 0.29) is 32.6 Å². The summed E-state index contributed by atoms with van der Waals surface area (Å²) in [5, 5.41) is 2.76. The first-order chi connectivity index (χ1) is 12.8. The molecule has 1 heterocycles. The largest absolute Gasteiger partial charge is 0.462 e. The average molecular weight is 411 g/mol. The van der Waals surface area contributed by atoms with E-state index in [0.717, 1.165) is 17.4 Å². The number of carbonyl (C=O) groups excluding carboxylic acids is 3. The number of rotatable bonds is 6. The van der Waals surface area contributed by atoms with Gasteiger partial charge in [-0.2, -0.15) is 0 Å². The third-order valence-electron chi connectivity index (χ3n) is 3.49. The van der Waals surface area contributed by atoms with Crippen LogP contribution in [-0.4, -0.2) is 24.4 Å². The second-order valence-electron chi connectivity index (χ2n) is 5.30. The van der Waals surface area contributed by atoms with Gasteiger partial charge in [0.05, 0.1) is 22.1 Å². The van der Waals surface area contributed by atoms with Gasteiger partial charge in [0, 0.05) is 11.6 Å². The first kappa shape index (κ1) is 20.6. The molecule has 0 fully saturated rings. The number of hydrogen-bond acceptors (Lipinski definition) is 5. The van der Waals surface area contributed by atoms with Gasteiger partial charge in [-0.3, -0.25) is 9.59 Å². The number of amides is 2. The summed E-state index contributed by atoms with van der Waals surface area (Å²) >= 11 is 6.76. The van der Waals surface area contributed by atoms with Crippen LogP contribution < -0.4 is 11.1 Å². The molecular weight excluding hydrogens is 395 g/mol. The highest BCUT2D eigenvalue weighted by Crippen LogP contribution is 2.33. The third-order valence-corrected chi connectivity index (χ3v) is 5.04. The topological polar surface area (TPSA) is 98.5 Å². The molecule has 2 rings (SSSR count). The van der Waals surface area contributed by atoms with Gasteiger partial charge in [0.1, 0.15) is 10.8 Å². The number of hydrogen-bond donors (Lipinski definition) is 2. The minimum absolute atomic E-state index is 0.0557. The fraction of sp³-hybridized carbons (Fsp3) is 0.167. The van der Waals surface area contributed by atoms with Gasteiger partial charge in [0.25, 0.3) is 5.91 Å². The Balaban J connectivity index is 2.31. The van der Waals surface area contributed by atoms with Crippen molar-refractivity contribution in [2.75, 3.05) is 11.9 Å². The van der Waals surface area contributed by atoms with Crippen molar-refractivity contribution in [3.05, 3.63) is 56.7 Å². The number of carbonyl (C=O) groups is 3. The predicted octanol–water partition coefficient (Wildman–Crippen LogP) is 3.78. The van der Waals surface area contributed by atoms with Gasteiger partial charge in [0.2, 0.25) is 5.91 Å². The molecule has 0 bridgehead atoms. The second kappa shape index (κ2) is 8.79. The normalized spacial score (nSPS) is 10.8. The number of nitrogens with two attached hydrogens (primary N) is 1. The van der Waals surface area contributed by atoms with E-state index in [1.807, 2.05) is 0 Å². The Labute approximate surface area is 163 Å². The molecule has 142 valence electrons. The molecule has 27 heavy (non-hydrogen) atoms. The maximum Gasteiger partial charge on any atom is 0.341 e. The van der Waals surface area contributed by atoms with Crippen molar-refractivity contribution in [2.24, 2.45) is 5.73 Å². The summed E-state index contributed by atoms with van der Waals surface area (Å²) in [4.78, 5) is 36.0. The first-order valence-corrected chi connectivity index (χ1v) is 8.99. The smallest absolute Gasteiger partial charge is 0.341 e. The molecule has 0 unspecified atom stereocenters. The molecule has 0 atom stereocenters. The maximum absolute atomic E-state index is 13.7. The number of primary amides is 1. The number of anilines is 1. The molecule has 0 saturated heterocycles. The van der Waals surface area contributed by atoms with Gasteiger partial charge < -0.3 is 15.8 Å². The zero-order valence-electron chi connectivity index (χ0n) is 14.5. The number of nitrogens with one attached hydrogen (secondary N) is 1. The number of esters is 1. The zero-order valence-corrected chi connectivity index (χ0v) is 16.0. The van der Waals surface area contributed by atoms with Crippen molar-refractivity contribution in [3.8, 4) is 0 Å². The molecule has 0 aliphatic heterocycles. The van der Waals surface area contributed by atoms with Crippen LogP contribution in [0.2, 0.25) is 5.02 Å². The standard InChI is InChI=1S/C18H16ClFN2O4S/c1-3-26-18(25)14-9(2)15(16(21)24)27-17(14)22-13(23)8-7-10-11(19)5-4-6-12(10)20/h4-8H,3H2,1-2H3,(H2,21,24)(H,22,23)/b8-7+. The van der Waals surface area contributed by atoms with E-state index in [9.17, 15) is 18.8 Å². The molecule has 0 spiro atoms. The summed E-state index contributed by atoms with van der Waals surface area (Å²) < 4.78 is 18.7. The Morgan fingerprint density at radius 1 is 1.37 bits per heavy atom. The zero-order chi connectivity index (χ0) is 20.1. The van der Waals surface area contributed by atoms with Gasteiger partial charge in [-0.05, 0) is 37.6 Å². The summed E-state index contributed by atoms with van der Waals surface area (Å²) in [5.41, 5.74) is 5.74. The van der Waals surface area contributed by atoms with E-state index >= 15 is 0 Å². The van der Waals surface area contributed by atoms with Gasteiger partial charge in [-0.15, -0.1) is 11.3 Å². The molecule has 2 aromatic rings. The van der Waals surface area contributed by atoms with Crippen LogP contribution in [0.25, 0.3) is 6.08 Å². The second-order valence-corrected chi connectivity index (χ2v) is 6.73. The Morgan fingerprint density at radius 2 is 2.07 bits per heavy atom. The summed E-state index contributed by atoms with van der Waals surface area (Å²) in [6.45, 7) is 3.29. The molecule has 1 aromatic heterocycles. The highest BCUT2D eigenvalue weighted by atomic mass is 35.5.